The smallest absolute Gasteiger partial charge is 0.318 e. The first-order chi connectivity index (χ1) is 10.5. The third-order valence-electron chi connectivity index (χ3n) is 2.54. The van der Waals surface area contributed by atoms with Crippen molar-refractivity contribution >= 4 is 35.3 Å². The Balaban J connectivity index is 1.89. The highest BCUT2D eigenvalue weighted by atomic mass is 35.5. The number of hydrogen-bond donors (Lipinski definition) is 2. The molecule has 0 aliphatic rings. The Hall–Kier alpha value is -2.73. The van der Waals surface area contributed by atoms with Crippen LogP contribution in [-0.2, 0) is 9.59 Å². The summed E-state index contributed by atoms with van der Waals surface area (Å²) in [6.07, 6.45) is 1.30. The molecule has 0 aromatic heterocycles. The molecule has 2 aromatic carbocycles. The Morgan fingerprint density at radius 3 is 2.50 bits per heavy atom. The number of carbonyl (C=O) groups excluding carboxylic acids is 2. The van der Waals surface area contributed by atoms with E-state index in [2.05, 4.69) is 15.8 Å². The van der Waals surface area contributed by atoms with Crippen molar-refractivity contribution in [1.82, 2.24) is 5.43 Å². The second-order valence-electron chi connectivity index (χ2n) is 4.22. The van der Waals surface area contributed by atoms with E-state index in [4.69, 9.17) is 11.6 Å². The quantitative estimate of drug-likeness (QED) is 0.518. The monoisotopic (exact) mass is 319 g/mol. The molecule has 2 amide bonds. The van der Waals surface area contributed by atoms with Crippen molar-refractivity contribution in [3.63, 3.8) is 0 Å². The van der Waals surface area contributed by atoms with Crippen molar-refractivity contribution in [2.24, 2.45) is 5.10 Å². The van der Waals surface area contributed by atoms with E-state index in [9.17, 15) is 14.0 Å². The van der Waals surface area contributed by atoms with Crippen LogP contribution in [0.1, 0.15) is 5.56 Å². The van der Waals surface area contributed by atoms with Gasteiger partial charge in [0.05, 0.1) is 6.21 Å². The summed E-state index contributed by atoms with van der Waals surface area (Å²) in [6.45, 7) is 0. The summed E-state index contributed by atoms with van der Waals surface area (Å²) in [5.74, 6) is -2.18. The summed E-state index contributed by atoms with van der Waals surface area (Å²) in [5.41, 5.74) is 3.05. The number of rotatable bonds is 3. The van der Waals surface area contributed by atoms with Gasteiger partial charge in [0.1, 0.15) is 5.82 Å². The minimum Gasteiger partial charge on any atom is -0.318 e. The molecule has 112 valence electrons. The maximum absolute atomic E-state index is 12.7. The molecule has 22 heavy (non-hydrogen) atoms. The van der Waals surface area contributed by atoms with Crippen LogP contribution >= 0.6 is 11.6 Å². The SMILES string of the molecule is O=C(N/N=C/c1ccc(F)cc1)C(=O)Nc1cccc(Cl)c1. The minimum absolute atomic E-state index is 0.373. The number of amides is 2. The van der Waals surface area contributed by atoms with Gasteiger partial charge in [-0.3, -0.25) is 9.59 Å². The summed E-state index contributed by atoms with van der Waals surface area (Å²) < 4.78 is 12.7. The zero-order valence-corrected chi connectivity index (χ0v) is 12.0. The molecule has 2 rings (SSSR count). The van der Waals surface area contributed by atoms with Gasteiger partial charge >= 0.3 is 11.8 Å². The fraction of sp³-hybridized carbons (Fsp3) is 0. The summed E-state index contributed by atoms with van der Waals surface area (Å²) in [6, 6.07) is 11.9. The number of nitrogens with one attached hydrogen (secondary N) is 2. The molecule has 5 nitrogen and oxygen atoms in total. The average molecular weight is 320 g/mol. The number of anilines is 1. The van der Waals surface area contributed by atoms with Crippen LogP contribution in [0.25, 0.3) is 0 Å². The molecule has 0 atom stereocenters. The van der Waals surface area contributed by atoms with Gasteiger partial charge < -0.3 is 5.32 Å². The van der Waals surface area contributed by atoms with Crippen LogP contribution in [0.2, 0.25) is 5.02 Å². The summed E-state index contributed by atoms with van der Waals surface area (Å²) in [7, 11) is 0. The van der Waals surface area contributed by atoms with Crippen LogP contribution in [0, 0.1) is 5.82 Å². The second kappa shape index (κ2) is 7.33. The van der Waals surface area contributed by atoms with Crippen LogP contribution in [0.5, 0.6) is 0 Å². The predicted octanol–water partition coefficient (Wildman–Crippen LogP) is 2.57. The van der Waals surface area contributed by atoms with Gasteiger partial charge in [-0.25, -0.2) is 9.82 Å². The number of hydrazone groups is 1. The molecule has 2 aromatic rings. The average Bonchev–Trinajstić information content (AvgIpc) is 2.49. The topological polar surface area (TPSA) is 70.6 Å². The van der Waals surface area contributed by atoms with E-state index in [0.717, 1.165) is 0 Å². The van der Waals surface area contributed by atoms with E-state index in [0.29, 0.717) is 16.3 Å². The Morgan fingerprint density at radius 1 is 1.09 bits per heavy atom. The van der Waals surface area contributed by atoms with Crippen molar-refractivity contribution in [2.45, 2.75) is 0 Å². The molecule has 0 saturated heterocycles. The standard InChI is InChI=1S/C15H11ClFN3O2/c16-11-2-1-3-13(8-11)19-14(21)15(22)20-18-9-10-4-6-12(17)7-5-10/h1-9H,(H,19,21)(H,20,22)/b18-9+. The van der Waals surface area contributed by atoms with Crippen molar-refractivity contribution in [2.75, 3.05) is 5.32 Å². The lowest BCUT2D eigenvalue weighted by atomic mass is 10.2. The molecule has 0 aliphatic heterocycles. The van der Waals surface area contributed by atoms with Crippen LogP contribution in [0.4, 0.5) is 10.1 Å². The predicted molar refractivity (Wildman–Crippen MR) is 82.2 cm³/mol. The van der Waals surface area contributed by atoms with Crippen LogP contribution in [0.3, 0.4) is 0 Å². The van der Waals surface area contributed by atoms with Crippen molar-refractivity contribution in [1.29, 1.82) is 0 Å². The van der Waals surface area contributed by atoms with Crippen LogP contribution < -0.4 is 10.7 Å². The molecule has 0 radical (unpaired) electrons. The highest BCUT2D eigenvalue weighted by Crippen LogP contribution is 2.14. The van der Waals surface area contributed by atoms with Gasteiger partial charge in [0.2, 0.25) is 0 Å². The van der Waals surface area contributed by atoms with E-state index in [1.165, 1.54) is 36.5 Å². The molecule has 2 N–H and O–H groups in total. The van der Waals surface area contributed by atoms with Crippen molar-refractivity contribution in [3.8, 4) is 0 Å². The third-order valence-corrected chi connectivity index (χ3v) is 2.77. The summed E-state index contributed by atoms with van der Waals surface area (Å²) in [5, 5.41) is 6.43. The van der Waals surface area contributed by atoms with E-state index in [-0.39, 0.29) is 5.82 Å². The highest BCUT2D eigenvalue weighted by molar-refractivity contribution is 6.39. The number of hydrogen-bond acceptors (Lipinski definition) is 3. The molecule has 0 saturated carbocycles. The van der Waals surface area contributed by atoms with E-state index in [1.54, 1.807) is 18.2 Å². The highest BCUT2D eigenvalue weighted by Gasteiger charge is 2.12. The molecule has 0 unspecified atom stereocenters. The molecular formula is C15H11ClFN3O2. The number of carbonyl (C=O) groups is 2. The number of nitrogens with zero attached hydrogens (tertiary/aromatic N) is 1. The van der Waals surface area contributed by atoms with Gasteiger partial charge in [-0.05, 0) is 35.9 Å². The first-order valence-corrected chi connectivity index (χ1v) is 6.58. The van der Waals surface area contributed by atoms with Gasteiger partial charge in [-0.2, -0.15) is 5.10 Å². The molecular weight excluding hydrogens is 309 g/mol. The van der Waals surface area contributed by atoms with E-state index >= 15 is 0 Å². The Labute approximate surface area is 130 Å². The minimum atomic E-state index is -0.932. The maximum atomic E-state index is 12.7. The fourth-order valence-corrected chi connectivity index (χ4v) is 1.71. The maximum Gasteiger partial charge on any atom is 0.329 e. The largest absolute Gasteiger partial charge is 0.329 e. The lowest BCUT2D eigenvalue weighted by molar-refractivity contribution is -0.136. The molecule has 0 heterocycles. The fourth-order valence-electron chi connectivity index (χ4n) is 1.52. The van der Waals surface area contributed by atoms with E-state index < -0.39 is 11.8 Å². The number of benzene rings is 2. The Bertz CT molecular complexity index is 717. The normalized spacial score (nSPS) is 10.5. The van der Waals surface area contributed by atoms with Crippen molar-refractivity contribution in [3.05, 3.63) is 64.9 Å². The zero-order chi connectivity index (χ0) is 15.9. The second-order valence-corrected chi connectivity index (χ2v) is 4.65. The van der Waals surface area contributed by atoms with Gasteiger partial charge in [-0.1, -0.05) is 29.8 Å². The van der Waals surface area contributed by atoms with Gasteiger partial charge in [0, 0.05) is 10.7 Å². The summed E-state index contributed by atoms with van der Waals surface area (Å²) in [4.78, 5) is 23.2. The lowest BCUT2D eigenvalue weighted by Gasteiger charge is -2.03. The summed E-state index contributed by atoms with van der Waals surface area (Å²) >= 11 is 5.77. The van der Waals surface area contributed by atoms with Crippen molar-refractivity contribution < 1.29 is 14.0 Å². The molecule has 7 heteroatoms. The number of halogens is 2. The van der Waals surface area contributed by atoms with Crippen LogP contribution in [-0.4, -0.2) is 18.0 Å². The molecule has 0 spiro atoms. The lowest BCUT2D eigenvalue weighted by Crippen LogP contribution is -2.32. The molecule has 0 bridgehead atoms. The van der Waals surface area contributed by atoms with Gasteiger partial charge in [0.15, 0.2) is 0 Å². The first-order valence-electron chi connectivity index (χ1n) is 6.20. The Kier molecular flexibility index (Phi) is 5.21. The van der Waals surface area contributed by atoms with Crippen LogP contribution in [0.15, 0.2) is 53.6 Å². The molecule has 0 aliphatic carbocycles. The third kappa shape index (κ3) is 4.68. The van der Waals surface area contributed by atoms with Gasteiger partial charge in [0.25, 0.3) is 0 Å². The zero-order valence-electron chi connectivity index (χ0n) is 11.2. The first kappa shape index (κ1) is 15.7. The van der Waals surface area contributed by atoms with Gasteiger partial charge in [-0.15, -0.1) is 0 Å². The molecule has 0 fully saturated rings. The Morgan fingerprint density at radius 2 is 1.82 bits per heavy atom. The van der Waals surface area contributed by atoms with E-state index in [1.807, 2.05) is 0 Å².